The lowest BCUT2D eigenvalue weighted by atomic mass is 9.84. The second-order valence-corrected chi connectivity index (χ2v) is 6.30. The Morgan fingerprint density at radius 3 is 2.10 bits per heavy atom. The lowest BCUT2D eigenvalue weighted by Gasteiger charge is -2.37. The van der Waals surface area contributed by atoms with E-state index in [-0.39, 0.29) is 5.60 Å². The first-order valence-corrected chi connectivity index (χ1v) is 8.60. The van der Waals surface area contributed by atoms with Gasteiger partial charge in [0.2, 0.25) is 0 Å². The highest BCUT2D eigenvalue weighted by molar-refractivity contribution is 5.23. The Morgan fingerprint density at radius 1 is 1.00 bits per heavy atom. The summed E-state index contributed by atoms with van der Waals surface area (Å²) in [5, 5.41) is 10.8. The van der Waals surface area contributed by atoms with Crippen LogP contribution >= 0.6 is 0 Å². The quantitative estimate of drug-likeness (QED) is 0.792. The molecule has 1 aliphatic rings. The molecule has 2 heteroatoms. The Balaban J connectivity index is 2.07. The first kappa shape index (κ1) is 16.5. The number of hydrogen-bond acceptors (Lipinski definition) is 2. The Labute approximate surface area is 129 Å². The minimum atomic E-state index is -0.400. The zero-order valence-corrected chi connectivity index (χ0v) is 13.6. The molecule has 21 heavy (non-hydrogen) atoms. The topological polar surface area (TPSA) is 29.5 Å². The van der Waals surface area contributed by atoms with Gasteiger partial charge in [-0.3, -0.25) is 0 Å². The largest absolute Gasteiger partial charge is 0.390 e. The second kappa shape index (κ2) is 7.95. The molecule has 1 atom stereocenters. The summed E-state index contributed by atoms with van der Waals surface area (Å²) >= 11 is 0. The van der Waals surface area contributed by atoms with Crippen molar-refractivity contribution in [1.29, 1.82) is 0 Å². The SMILES string of the molecule is CCOC1(C(O)Cc2ccc(CC)cc2)CCCCCC1. The van der Waals surface area contributed by atoms with E-state index in [0.717, 1.165) is 19.3 Å². The van der Waals surface area contributed by atoms with Crippen LogP contribution < -0.4 is 0 Å². The van der Waals surface area contributed by atoms with Gasteiger partial charge >= 0.3 is 0 Å². The molecule has 118 valence electrons. The van der Waals surface area contributed by atoms with Crippen LogP contribution in [0.15, 0.2) is 24.3 Å². The van der Waals surface area contributed by atoms with Gasteiger partial charge in [-0.15, -0.1) is 0 Å². The number of aliphatic hydroxyl groups excluding tert-OH is 1. The van der Waals surface area contributed by atoms with Gasteiger partial charge in [-0.1, -0.05) is 56.9 Å². The average Bonchev–Trinajstić information content (AvgIpc) is 2.75. The molecule has 0 aliphatic heterocycles. The maximum Gasteiger partial charge on any atom is 0.0943 e. The van der Waals surface area contributed by atoms with Crippen molar-refractivity contribution in [1.82, 2.24) is 0 Å². The number of aryl methyl sites for hydroxylation is 1. The van der Waals surface area contributed by atoms with Gasteiger partial charge in [-0.05, 0) is 37.3 Å². The van der Waals surface area contributed by atoms with Gasteiger partial charge in [0.15, 0.2) is 0 Å². The number of rotatable bonds is 6. The monoisotopic (exact) mass is 290 g/mol. The van der Waals surface area contributed by atoms with Crippen LogP contribution in [0.3, 0.4) is 0 Å². The molecule has 0 spiro atoms. The zero-order chi connectivity index (χ0) is 15.1. The highest BCUT2D eigenvalue weighted by Gasteiger charge is 2.38. The molecule has 1 aromatic rings. The molecule has 0 bridgehead atoms. The molecule has 1 N–H and O–H groups in total. The number of benzene rings is 1. The normalized spacial score (nSPS) is 20.0. The van der Waals surface area contributed by atoms with E-state index in [1.165, 1.54) is 36.8 Å². The van der Waals surface area contributed by atoms with Crippen LogP contribution in [-0.2, 0) is 17.6 Å². The van der Waals surface area contributed by atoms with E-state index in [0.29, 0.717) is 13.0 Å². The molecule has 0 radical (unpaired) electrons. The fourth-order valence-corrected chi connectivity index (χ4v) is 3.51. The molecule has 0 amide bonds. The minimum Gasteiger partial charge on any atom is -0.390 e. The van der Waals surface area contributed by atoms with Crippen LogP contribution in [-0.4, -0.2) is 23.4 Å². The maximum absolute atomic E-state index is 10.8. The van der Waals surface area contributed by atoms with E-state index in [9.17, 15) is 5.11 Å². The standard InChI is InChI=1S/C19H30O2/c1-3-16-9-11-17(12-10-16)15-18(20)19(21-4-2)13-7-5-6-8-14-19/h9-12,18,20H,3-8,13-15H2,1-2H3. The van der Waals surface area contributed by atoms with Crippen LogP contribution in [0, 0.1) is 0 Å². The number of ether oxygens (including phenoxy) is 1. The smallest absolute Gasteiger partial charge is 0.0943 e. The Hall–Kier alpha value is -0.860. The van der Waals surface area contributed by atoms with Gasteiger partial charge in [-0.25, -0.2) is 0 Å². The van der Waals surface area contributed by atoms with Crippen molar-refractivity contribution in [3.8, 4) is 0 Å². The third-order valence-corrected chi connectivity index (χ3v) is 4.85. The Kier molecular flexibility index (Phi) is 6.25. The number of hydrogen-bond donors (Lipinski definition) is 1. The molecule has 0 saturated heterocycles. The third-order valence-electron chi connectivity index (χ3n) is 4.85. The summed E-state index contributed by atoms with van der Waals surface area (Å²) in [6, 6.07) is 8.64. The molecule has 1 aromatic carbocycles. The molecule has 2 nitrogen and oxygen atoms in total. The van der Waals surface area contributed by atoms with Crippen LogP contribution in [0.25, 0.3) is 0 Å². The molecule has 0 heterocycles. The van der Waals surface area contributed by atoms with Gasteiger partial charge in [0, 0.05) is 13.0 Å². The fourth-order valence-electron chi connectivity index (χ4n) is 3.51. The molecular weight excluding hydrogens is 260 g/mol. The van der Waals surface area contributed by atoms with Crippen LogP contribution in [0.1, 0.15) is 63.5 Å². The Morgan fingerprint density at radius 2 is 1.57 bits per heavy atom. The highest BCUT2D eigenvalue weighted by atomic mass is 16.5. The third kappa shape index (κ3) is 4.31. The van der Waals surface area contributed by atoms with Crippen molar-refractivity contribution >= 4 is 0 Å². The molecule has 0 aromatic heterocycles. The van der Waals surface area contributed by atoms with E-state index in [1.807, 2.05) is 6.92 Å². The van der Waals surface area contributed by atoms with Gasteiger partial charge < -0.3 is 9.84 Å². The second-order valence-electron chi connectivity index (χ2n) is 6.30. The summed E-state index contributed by atoms with van der Waals surface area (Å²) in [6.45, 7) is 4.89. The first-order chi connectivity index (χ1) is 10.2. The lowest BCUT2D eigenvalue weighted by Crippen LogP contribution is -2.46. The van der Waals surface area contributed by atoms with Crippen LogP contribution in [0.4, 0.5) is 0 Å². The predicted molar refractivity (Wildman–Crippen MR) is 87.6 cm³/mol. The fraction of sp³-hybridized carbons (Fsp3) is 0.684. The summed E-state index contributed by atoms with van der Waals surface area (Å²) in [5.41, 5.74) is 2.24. The lowest BCUT2D eigenvalue weighted by molar-refractivity contribution is -0.128. The van der Waals surface area contributed by atoms with E-state index < -0.39 is 6.10 Å². The van der Waals surface area contributed by atoms with Crippen molar-refractivity contribution in [2.75, 3.05) is 6.61 Å². The molecule has 1 unspecified atom stereocenters. The van der Waals surface area contributed by atoms with Crippen molar-refractivity contribution in [2.45, 2.75) is 76.9 Å². The average molecular weight is 290 g/mol. The molecule has 2 rings (SSSR count). The summed E-state index contributed by atoms with van der Waals surface area (Å²) in [6.07, 6.45) is 8.24. The van der Waals surface area contributed by atoms with Gasteiger partial charge in [0.1, 0.15) is 0 Å². The van der Waals surface area contributed by atoms with Crippen LogP contribution in [0.5, 0.6) is 0 Å². The molecule has 1 fully saturated rings. The number of aliphatic hydroxyl groups is 1. The Bertz CT molecular complexity index is 402. The van der Waals surface area contributed by atoms with Gasteiger partial charge in [-0.2, -0.15) is 0 Å². The predicted octanol–water partition coefficient (Wildman–Crippen LogP) is 4.28. The highest BCUT2D eigenvalue weighted by Crippen LogP contribution is 2.34. The van der Waals surface area contributed by atoms with E-state index >= 15 is 0 Å². The van der Waals surface area contributed by atoms with Gasteiger partial charge in [0.25, 0.3) is 0 Å². The molecule has 1 aliphatic carbocycles. The molecule has 1 saturated carbocycles. The summed E-state index contributed by atoms with van der Waals surface area (Å²) in [7, 11) is 0. The summed E-state index contributed by atoms with van der Waals surface area (Å²) in [4.78, 5) is 0. The summed E-state index contributed by atoms with van der Waals surface area (Å²) in [5.74, 6) is 0. The summed E-state index contributed by atoms with van der Waals surface area (Å²) < 4.78 is 6.08. The molecular formula is C19H30O2. The maximum atomic E-state index is 10.8. The first-order valence-electron chi connectivity index (χ1n) is 8.60. The van der Waals surface area contributed by atoms with Crippen molar-refractivity contribution < 1.29 is 9.84 Å². The van der Waals surface area contributed by atoms with Gasteiger partial charge in [0.05, 0.1) is 11.7 Å². The van der Waals surface area contributed by atoms with Crippen molar-refractivity contribution in [3.63, 3.8) is 0 Å². The van der Waals surface area contributed by atoms with E-state index in [1.54, 1.807) is 0 Å². The van der Waals surface area contributed by atoms with E-state index in [4.69, 9.17) is 4.74 Å². The van der Waals surface area contributed by atoms with Crippen molar-refractivity contribution in [2.24, 2.45) is 0 Å². The zero-order valence-electron chi connectivity index (χ0n) is 13.6. The van der Waals surface area contributed by atoms with Crippen LogP contribution in [0.2, 0.25) is 0 Å². The van der Waals surface area contributed by atoms with E-state index in [2.05, 4.69) is 31.2 Å². The minimum absolute atomic E-state index is 0.325. The van der Waals surface area contributed by atoms with Crippen molar-refractivity contribution in [3.05, 3.63) is 35.4 Å².